The number of unbranched alkanes of at least 4 members (excludes halogenated alkanes) is 1. The molecule has 0 nitrogen and oxygen atoms in total. The molecule has 0 N–H and O–H groups in total. The summed E-state index contributed by atoms with van der Waals surface area (Å²) >= 11 is 28.4. The SMILES string of the molecule is CCCCC(Cl)C(Cl)(Cl)[C](Cl)Cl. The molecule has 0 aromatic carbocycles. The zero-order valence-corrected chi connectivity index (χ0v) is 10.4. The highest BCUT2D eigenvalue weighted by molar-refractivity contribution is 6.67. The van der Waals surface area contributed by atoms with Crippen molar-refractivity contribution in [1.29, 1.82) is 0 Å². The molecule has 0 saturated carbocycles. The number of hydrogen-bond donors (Lipinski definition) is 0. The second-order valence-electron chi connectivity index (χ2n) is 2.49. The Kier molecular flexibility index (Phi) is 6.76. The number of hydrogen-bond acceptors (Lipinski definition) is 0. The van der Waals surface area contributed by atoms with E-state index in [9.17, 15) is 0 Å². The Hall–Kier alpha value is 1.45. The molecule has 0 amide bonds. The van der Waals surface area contributed by atoms with Gasteiger partial charge in [-0.15, -0.1) is 11.6 Å². The van der Waals surface area contributed by atoms with Crippen molar-refractivity contribution in [3.05, 3.63) is 4.84 Å². The van der Waals surface area contributed by atoms with Crippen LogP contribution in [-0.4, -0.2) is 9.71 Å². The maximum Gasteiger partial charge on any atom is 0.188 e. The van der Waals surface area contributed by atoms with E-state index < -0.39 is 9.71 Å². The topological polar surface area (TPSA) is 0 Å². The van der Waals surface area contributed by atoms with Gasteiger partial charge < -0.3 is 0 Å². The predicted molar refractivity (Wildman–Crippen MR) is 58.6 cm³/mol. The van der Waals surface area contributed by atoms with Gasteiger partial charge in [0.2, 0.25) is 0 Å². The van der Waals surface area contributed by atoms with E-state index >= 15 is 0 Å². The van der Waals surface area contributed by atoms with E-state index in [4.69, 9.17) is 58.0 Å². The van der Waals surface area contributed by atoms with Crippen LogP contribution in [0, 0.1) is 4.84 Å². The van der Waals surface area contributed by atoms with Crippen LogP contribution in [0.3, 0.4) is 0 Å². The van der Waals surface area contributed by atoms with Gasteiger partial charge >= 0.3 is 0 Å². The Bertz CT molecular complexity index is 123. The molecule has 73 valence electrons. The van der Waals surface area contributed by atoms with Gasteiger partial charge in [-0.2, -0.15) is 0 Å². The fraction of sp³-hybridized carbons (Fsp3) is 0.857. The second-order valence-corrected chi connectivity index (χ2v) is 5.36. The average Bonchev–Trinajstić information content (AvgIpc) is 1.99. The zero-order chi connectivity index (χ0) is 9.78. The molecule has 0 fully saturated rings. The third-order valence-electron chi connectivity index (χ3n) is 1.46. The van der Waals surface area contributed by atoms with Crippen molar-refractivity contribution < 1.29 is 0 Å². The van der Waals surface area contributed by atoms with Crippen molar-refractivity contribution in [3.63, 3.8) is 0 Å². The maximum absolute atomic E-state index is 5.89. The molecule has 0 aromatic rings. The van der Waals surface area contributed by atoms with Crippen LogP contribution >= 0.6 is 58.0 Å². The van der Waals surface area contributed by atoms with E-state index in [1.165, 1.54) is 0 Å². The van der Waals surface area contributed by atoms with Crippen molar-refractivity contribution in [2.75, 3.05) is 0 Å². The summed E-state index contributed by atoms with van der Waals surface area (Å²) < 4.78 is -1.33. The minimum atomic E-state index is -1.33. The van der Waals surface area contributed by atoms with Crippen molar-refractivity contribution in [2.24, 2.45) is 0 Å². The molecule has 0 aliphatic heterocycles. The lowest BCUT2D eigenvalue weighted by molar-refractivity contribution is 0.655. The van der Waals surface area contributed by atoms with Crippen molar-refractivity contribution in [1.82, 2.24) is 0 Å². The van der Waals surface area contributed by atoms with Gasteiger partial charge in [0.05, 0.1) is 5.38 Å². The van der Waals surface area contributed by atoms with E-state index in [2.05, 4.69) is 6.92 Å². The molecule has 5 heteroatoms. The Morgan fingerprint density at radius 3 is 2.17 bits per heavy atom. The van der Waals surface area contributed by atoms with Crippen LogP contribution < -0.4 is 0 Å². The summed E-state index contributed by atoms with van der Waals surface area (Å²) in [5, 5.41) is -0.439. The van der Waals surface area contributed by atoms with Crippen LogP contribution in [0.2, 0.25) is 0 Å². The normalized spacial score (nSPS) is 15.2. The summed E-state index contributed by atoms with van der Waals surface area (Å²) in [5.41, 5.74) is 0. The summed E-state index contributed by atoms with van der Waals surface area (Å²) in [6.45, 7) is 2.06. The smallest absolute Gasteiger partial charge is 0.120 e. The second kappa shape index (κ2) is 6.03. The molecular weight excluding hydrogens is 261 g/mol. The first-order chi connectivity index (χ1) is 5.42. The summed E-state index contributed by atoms with van der Waals surface area (Å²) in [7, 11) is 0. The zero-order valence-electron chi connectivity index (χ0n) is 6.59. The third-order valence-corrected chi connectivity index (χ3v) is 4.11. The first-order valence-electron chi connectivity index (χ1n) is 3.63. The first kappa shape index (κ1) is 13.4. The van der Waals surface area contributed by atoms with Crippen LogP contribution in [0.4, 0.5) is 0 Å². The lowest BCUT2D eigenvalue weighted by atomic mass is 10.1. The molecule has 1 radical (unpaired) electrons. The van der Waals surface area contributed by atoms with Gasteiger partial charge in [-0.05, 0) is 6.42 Å². The number of alkyl halides is 3. The Labute approximate surface area is 98.4 Å². The van der Waals surface area contributed by atoms with Gasteiger partial charge in [0, 0.05) is 0 Å². The quantitative estimate of drug-likeness (QED) is 0.622. The van der Waals surface area contributed by atoms with Gasteiger partial charge in [0.25, 0.3) is 0 Å². The average molecular weight is 271 g/mol. The largest absolute Gasteiger partial charge is 0.188 e. The Balaban J connectivity index is 3.97. The van der Waals surface area contributed by atoms with E-state index in [-0.39, 0.29) is 4.84 Å². The summed E-state index contributed by atoms with van der Waals surface area (Å²) in [6, 6.07) is 0. The maximum atomic E-state index is 5.89. The van der Waals surface area contributed by atoms with Gasteiger partial charge in [-0.1, -0.05) is 66.2 Å². The monoisotopic (exact) mass is 269 g/mol. The minimum Gasteiger partial charge on any atom is -0.120 e. The van der Waals surface area contributed by atoms with Crippen molar-refractivity contribution in [2.45, 2.75) is 35.9 Å². The Morgan fingerprint density at radius 1 is 1.33 bits per heavy atom. The van der Waals surface area contributed by atoms with Crippen LogP contribution in [-0.2, 0) is 0 Å². The van der Waals surface area contributed by atoms with E-state index in [0.29, 0.717) is 6.42 Å². The van der Waals surface area contributed by atoms with Gasteiger partial charge in [0.15, 0.2) is 9.17 Å². The van der Waals surface area contributed by atoms with Crippen molar-refractivity contribution >= 4 is 58.0 Å². The lowest BCUT2D eigenvalue weighted by Gasteiger charge is -2.24. The molecule has 0 rings (SSSR count). The molecule has 1 atom stereocenters. The number of halogens is 5. The van der Waals surface area contributed by atoms with Gasteiger partial charge in [-0.3, -0.25) is 0 Å². The fourth-order valence-corrected chi connectivity index (χ4v) is 1.54. The highest BCUT2D eigenvalue weighted by atomic mass is 35.5. The predicted octanol–water partition coefficient (Wildman–Crippen LogP) is 4.92. The van der Waals surface area contributed by atoms with Crippen LogP contribution in [0.15, 0.2) is 0 Å². The van der Waals surface area contributed by atoms with Crippen LogP contribution in [0.25, 0.3) is 0 Å². The molecule has 12 heavy (non-hydrogen) atoms. The lowest BCUT2D eigenvalue weighted by Crippen LogP contribution is -2.28. The Morgan fingerprint density at radius 2 is 1.83 bits per heavy atom. The fourth-order valence-electron chi connectivity index (χ4n) is 0.683. The molecule has 1 unspecified atom stereocenters. The van der Waals surface area contributed by atoms with Crippen molar-refractivity contribution in [3.8, 4) is 0 Å². The van der Waals surface area contributed by atoms with E-state index in [0.717, 1.165) is 12.8 Å². The molecule has 0 spiro atoms. The standard InChI is InChI=1S/C7H10Cl5/c1-2-3-4-5(8)7(11,12)6(9)10/h5H,2-4H2,1H3. The molecule has 0 saturated heterocycles. The van der Waals surface area contributed by atoms with Crippen LogP contribution in [0.1, 0.15) is 26.2 Å². The highest BCUT2D eigenvalue weighted by Gasteiger charge is 2.40. The molecule has 0 aliphatic carbocycles. The summed E-state index contributed by atoms with van der Waals surface area (Å²) in [5.74, 6) is 0. The van der Waals surface area contributed by atoms with Gasteiger partial charge in [0.1, 0.15) is 0 Å². The first-order valence-corrected chi connectivity index (χ1v) is 5.58. The molecule has 0 heterocycles. The highest BCUT2D eigenvalue weighted by Crippen LogP contribution is 2.44. The van der Waals surface area contributed by atoms with E-state index in [1.54, 1.807) is 0 Å². The molecular formula is C7H10Cl5. The number of rotatable bonds is 5. The van der Waals surface area contributed by atoms with E-state index in [1.807, 2.05) is 0 Å². The molecule has 0 aliphatic rings. The van der Waals surface area contributed by atoms with Crippen LogP contribution in [0.5, 0.6) is 0 Å². The summed E-state index contributed by atoms with van der Waals surface area (Å²) in [6.07, 6.45) is 2.69. The molecule has 0 bridgehead atoms. The minimum absolute atomic E-state index is 0.0954. The summed E-state index contributed by atoms with van der Waals surface area (Å²) in [4.78, 5) is -0.0954. The third kappa shape index (κ3) is 4.11. The van der Waals surface area contributed by atoms with Gasteiger partial charge in [-0.25, -0.2) is 0 Å². The molecule has 0 aromatic heterocycles.